The van der Waals surface area contributed by atoms with Crippen molar-refractivity contribution in [3.8, 4) is 0 Å². The van der Waals surface area contributed by atoms with Crippen LogP contribution in [0.15, 0.2) is 42.7 Å². The van der Waals surface area contributed by atoms with Gasteiger partial charge in [0.2, 0.25) is 5.91 Å². The van der Waals surface area contributed by atoms with Gasteiger partial charge in [-0.15, -0.1) is 15.3 Å². The number of benzene rings is 1. The number of nitrogens with zero attached hydrogens (tertiary/aromatic N) is 6. The van der Waals surface area contributed by atoms with Crippen molar-refractivity contribution in [2.45, 2.75) is 25.8 Å². The fourth-order valence-corrected chi connectivity index (χ4v) is 4.18. The molecule has 2 aliphatic heterocycles. The van der Waals surface area contributed by atoms with Gasteiger partial charge in [0.25, 0.3) is 0 Å². The minimum atomic E-state index is 0.116. The Bertz CT molecular complexity index is 975. The Labute approximate surface area is 157 Å². The molecule has 0 radical (unpaired) electrons. The molecule has 1 amide bonds. The van der Waals surface area contributed by atoms with Gasteiger partial charge in [-0.05, 0) is 42.5 Å². The van der Waals surface area contributed by atoms with Crippen LogP contribution in [0.5, 0.6) is 0 Å². The number of anilines is 1. The highest BCUT2D eigenvalue weighted by Gasteiger charge is 2.30. The van der Waals surface area contributed by atoms with E-state index < -0.39 is 0 Å². The lowest BCUT2D eigenvalue weighted by Gasteiger charge is -2.36. The van der Waals surface area contributed by atoms with Gasteiger partial charge in [-0.2, -0.15) is 4.52 Å². The lowest BCUT2D eigenvalue weighted by Crippen LogP contribution is -2.44. The summed E-state index contributed by atoms with van der Waals surface area (Å²) in [4.78, 5) is 17.3. The third kappa shape index (κ3) is 3.03. The van der Waals surface area contributed by atoms with Gasteiger partial charge in [0.15, 0.2) is 5.65 Å². The highest BCUT2D eigenvalue weighted by molar-refractivity contribution is 5.79. The minimum Gasteiger partial charge on any atom is -0.355 e. The van der Waals surface area contributed by atoms with Crippen molar-refractivity contribution in [2.75, 3.05) is 24.5 Å². The second-order valence-electron chi connectivity index (χ2n) is 7.37. The standard InChI is InChI=1S/C20H22N6O/c27-20(25-12-7-15-3-1-2-4-17(15)13-25)16-8-10-24(11-9-16)19-6-5-18-22-21-14-26(18)23-19/h1-6,14,16H,7-13H2. The molecule has 0 aliphatic carbocycles. The predicted molar refractivity (Wildman–Crippen MR) is 101 cm³/mol. The summed E-state index contributed by atoms with van der Waals surface area (Å²) in [7, 11) is 0. The number of carbonyl (C=O) groups is 1. The minimum absolute atomic E-state index is 0.116. The van der Waals surface area contributed by atoms with Gasteiger partial charge >= 0.3 is 0 Å². The molecule has 0 atom stereocenters. The topological polar surface area (TPSA) is 66.6 Å². The van der Waals surface area contributed by atoms with E-state index in [-0.39, 0.29) is 5.92 Å². The van der Waals surface area contributed by atoms with Crippen LogP contribution in [0.4, 0.5) is 5.82 Å². The highest BCUT2D eigenvalue weighted by atomic mass is 16.2. The summed E-state index contributed by atoms with van der Waals surface area (Å²) in [5.74, 6) is 1.34. The van der Waals surface area contributed by atoms with E-state index in [1.165, 1.54) is 11.1 Å². The molecule has 138 valence electrons. The van der Waals surface area contributed by atoms with Gasteiger partial charge in [0.05, 0.1) is 0 Å². The molecule has 2 aliphatic rings. The highest BCUT2D eigenvalue weighted by Crippen LogP contribution is 2.26. The van der Waals surface area contributed by atoms with Crippen molar-refractivity contribution in [3.63, 3.8) is 0 Å². The Hall–Kier alpha value is -2.96. The zero-order valence-corrected chi connectivity index (χ0v) is 15.2. The normalized spacial score (nSPS) is 17.9. The fraction of sp³-hybridized carbons (Fsp3) is 0.400. The van der Waals surface area contributed by atoms with Crippen LogP contribution in [-0.4, -0.2) is 50.3 Å². The Balaban J connectivity index is 1.23. The van der Waals surface area contributed by atoms with E-state index in [0.717, 1.165) is 56.9 Å². The molecule has 0 unspecified atom stereocenters. The third-order valence-corrected chi connectivity index (χ3v) is 5.76. The molecule has 0 saturated carbocycles. The summed E-state index contributed by atoms with van der Waals surface area (Å²) < 4.78 is 1.69. The number of aromatic nitrogens is 4. The summed E-state index contributed by atoms with van der Waals surface area (Å²) in [6, 6.07) is 12.4. The smallest absolute Gasteiger partial charge is 0.226 e. The van der Waals surface area contributed by atoms with Gasteiger partial charge in [-0.3, -0.25) is 4.79 Å². The van der Waals surface area contributed by atoms with E-state index in [9.17, 15) is 4.79 Å². The van der Waals surface area contributed by atoms with Crippen LogP contribution in [0.2, 0.25) is 0 Å². The molecule has 0 N–H and O–H groups in total. The van der Waals surface area contributed by atoms with Gasteiger partial charge in [-0.25, -0.2) is 0 Å². The maximum absolute atomic E-state index is 13.0. The number of piperidine rings is 1. The number of rotatable bonds is 2. The van der Waals surface area contributed by atoms with Gasteiger partial charge in [0.1, 0.15) is 12.1 Å². The number of hydrogen-bond acceptors (Lipinski definition) is 5. The molecule has 7 nitrogen and oxygen atoms in total. The average Bonchev–Trinajstić information content (AvgIpc) is 3.21. The number of hydrogen-bond donors (Lipinski definition) is 0. The summed E-state index contributed by atoms with van der Waals surface area (Å²) >= 11 is 0. The summed E-state index contributed by atoms with van der Waals surface area (Å²) in [5.41, 5.74) is 3.42. The summed E-state index contributed by atoms with van der Waals surface area (Å²) in [6.45, 7) is 3.28. The van der Waals surface area contributed by atoms with Crippen molar-refractivity contribution in [3.05, 3.63) is 53.9 Å². The van der Waals surface area contributed by atoms with E-state index in [1.54, 1.807) is 10.8 Å². The van der Waals surface area contributed by atoms with Crippen LogP contribution in [0.3, 0.4) is 0 Å². The number of amides is 1. The van der Waals surface area contributed by atoms with Gasteiger partial charge in [0, 0.05) is 32.1 Å². The number of fused-ring (bicyclic) bond motifs is 2. The molecule has 5 rings (SSSR count). The summed E-state index contributed by atoms with van der Waals surface area (Å²) in [5, 5.41) is 12.4. The SMILES string of the molecule is O=C(C1CCN(c2ccc3nncn3n2)CC1)N1CCc2ccccc2C1. The van der Waals surface area contributed by atoms with Crippen molar-refractivity contribution in [1.29, 1.82) is 0 Å². The van der Waals surface area contributed by atoms with Gasteiger partial charge in [-0.1, -0.05) is 24.3 Å². The van der Waals surface area contributed by atoms with Gasteiger partial charge < -0.3 is 9.80 Å². The Kier molecular flexibility index (Phi) is 3.99. The first-order valence-electron chi connectivity index (χ1n) is 9.55. The Morgan fingerprint density at radius 3 is 2.67 bits per heavy atom. The molecule has 0 spiro atoms. The molecule has 27 heavy (non-hydrogen) atoms. The van der Waals surface area contributed by atoms with Crippen molar-refractivity contribution >= 4 is 17.4 Å². The lowest BCUT2D eigenvalue weighted by atomic mass is 9.93. The van der Waals surface area contributed by atoms with E-state index in [4.69, 9.17) is 0 Å². The Morgan fingerprint density at radius 2 is 1.81 bits per heavy atom. The fourth-order valence-electron chi connectivity index (χ4n) is 4.18. The quantitative estimate of drug-likeness (QED) is 0.697. The van der Waals surface area contributed by atoms with Crippen molar-refractivity contribution < 1.29 is 4.79 Å². The van der Waals surface area contributed by atoms with Crippen LogP contribution >= 0.6 is 0 Å². The molecular weight excluding hydrogens is 340 g/mol. The molecule has 3 aromatic rings. The van der Waals surface area contributed by atoms with E-state index in [1.807, 2.05) is 17.0 Å². The molecule has 1 saturated heterocycles. The van der Waals surface area contributed by atoms with Crippen LogP contribution in [0.25, 0.3) is 5.65 Å². The lowest BCUT2D eigenvalue weighted by molar-refractivity contribution is -0.137. The van der Waals surface area contributed by atoms with Crippen LogP contribution in [0.1, 0.15) is 24.0 Å². The van der Waals surface area contributed by atoms with Crippen LogP contribution < -0.4 is 4.90 Å². The molecular formula is C20H22N6O. The van der Waals surface area contributed by atoms with Crippen LogP contribution in [-0.2, 0) is 17.8 Å². The van der Waals surface area contributed by atoms with E-state index >= 15 is 0 Å². The largest absolute Gasteiger partial charge is 0.355 e. The first-order valence-corrected chi connectivity index (χ1v) is 9.55. The molecule has 0 bridgehead atoms. The van der Waals surface area contributed by atoms with Crippen LogP contribution in [0, 0.1) is 5.92 Å². The second kappa shape index (κ2) is 6.64. The number of carbonyl (C=O) groups excluding carboxylic acids is 1. The first kappa shape index (κ1) is 16.2. The van der Waals surface area contributed by atoms with E-state index in [0.29, 0.717) is 5.91 Å². The third-order valence-electron chi connectivity index (χ3n) is 5.76. The monoisotopic (exact) mass is 362 g/mol. The maximum atomic E-state index is 13.0. The molecule has 4 heterocycles. The average molecular weight is 362 g/mol. The first-order chi connectivity index (χ1) is 13.3. The zero-order valence-electron chi connectivity index (χ0n) is 15.2. The molecule has 7 heteroatoms. The van der Waals surface area contributed by atoms with E-state index in [2.05, 4.69) is 44.5 Å². The maximum Gasteiger partial charge on any atom is 0.226 e. The molecule has 1 aromatic carbocycles. The zero-order chi connectivity index (χ0) is 18.2. The molecule has 2 aromatic heterocycles. The Morgan fingerprint density at radius 1 is 1.00 bits per heavy atom. The second-order valence-corrected chi connectivity index (χ2v) is 7.37. The van der Waals surface area contributed by atoms with Crippen molar-refractivity contribution in [1.82, 2.24) is 24.7 Å². The van der Waals surface area contributed by atoms with Crippen molar-refractivity contribution in [2.24, 2.45) is 5.92 Å². The molecule has 1 fully saturated rings. The summed E-state index contributed by atoms with van der Waals surface area (Å²) in [6.07, 6.45) is 4.32. The predicted octanol–water partition coefficient (Wildman–Crippen LogP) is 1.93.